The lowest BCUT2D eigenvalue weighted by Crippen LogP contribution is -2.27. The average molecular weight is 487 g/mol. The number of nitro groups is 1. The van der Waals surface area contributed by atoms with E-state index in [2.05, 4.69) is 26.3 Å². The number of fused-ring (bicyclic) bond motifs is 1. The average Bonchev–Trinajstić information content (AvgIpc) is 2.74. The van der Waals surface area contributed by atoms with Crippen LogP contribution in [0.15, 0.2) is 51.7 Å². The minimum Gasteiger partial charge on any atom is -0.486 e. The molecule has 1 aromatic heterocycles. The van der Waals surface area contributed by atoms with E-state index in [9.17, 15) is 19.7 Å². The Morgan fingerprint density at radius 2 is 1.87 bits per heavy atom. The van der Waals surface area contributed by atoms with Crippen molar-refractivity contribution >= 4 is 33.2 Å². The van der Waals surface area contributed by atoms with Crippen LogP contribution in [0, 0.1) is 17.0 Å². The molecule has 10 nitrogen and oxygen atoms in total. The van der Waals surface area contributed by atoms with E-state index in [0.29, 0.717) is 40.6 Å². The number of para-hydroxylation sites is 2. The van der Waals surface area contributed by atoms with Crippen molar-refractivity contribution in [3.8, 4) is 17.2 Å². The third kappa shape index (κ3) is 3.99. The summed E-state index contributed by atoms with van der Waals surface area (Å²) in [6, 6.07) is 10.4. The zero-order chi connectivity index (χ0) is 22.1. The molecule has 0 radical (unpaired) electrons. The Morgan fingerprint density at radius 3 is 2.58 bits per heavy atom. The zero-order valence-electron chi connectivity index (χ0n) is 16.1. The number of aromatic nitrogens is 2. The predicted molar refractivity (Wildman–Crippen MR) is 114 cm³/mol. The molecule has 2 aromatic carbocycles. The van der Waals surface area contributed by atoms with Crippen molar-refractivity contribution in [2.75, 3.05) is 18.5 Å². The van der Waals surface area contributed by atoms with Crippen LogP contribution >= 0.6 is 15.9 Å². The molecule has 0 spiro atoms. The molecule has 0 saturated heterocycles. The highest BCUT2D eigenvalue weighted by Gasteiger charge is 2.22. The number of amides is 1. The molecule has 1 aliphatic rings. The van der Waals surface area contributed by atoms with E-state index in [4.69, 9.17) is 9.47 Å². The summed E-state index contributed by atoms with van der Waals surface area (Å²) >= 11 is 3.35. The Morgan fingerprint density at radius 1 is 1.19 bits per heavy atom. The van der Waals surface area contributed by atoms with Crippen LogP contribution in [-0.2, 0) is 0 Å². The first-order valence-electron chi connectivity index (χ1n) is 9.10. The number of nitrogens with zero attached hydrogens (tertiary/aromatic N) is 3. The molecule has 31 heavy (non-hydrogen) atoms. The molecule has 0 fully saturated rings. The van der Waals surface area contributed by atoms with Gasteiger partial charge in [-0.05, 0) is 28.9 Å². The summed E-state index contributed by atoms with van der Waals surface area (Å²) in [4.78, 5) is 36.1. The fraction of sp³-hybridized carbons (Fsp3) is 0.150. The lowest BCUT2D eigenvalue weighted by Gasteiger charge is -2.20. The van der Waals surface area contributed by atoms with Crippen LogP contribution in [0.5, 0.6) is 11.5 Å². The molecule has 4 rings (SSSR count). The highest BCUT2D eigenvalue weighted by molar-refractivity contribution is 9.10. The second-order valence-electron chi connectivity index (χ2n) is 6.59. The topological polar surface area (TPSA) is 126 Å². The third-order valence-electron chi connectivity index (χ3n) is 4.51. The van der Waals surface area contributed by atoms with E-state index in [0.717, 1.165) is 0 Å². The maximum atomic E-state index is 12.9. The molecule has 0 unspecified atom stereocenters. The van der Waals surface area contributed by atoms with Gasteiger partial charge in [0.15, 0.2) is 17.2 Å². The quantitative estimate of drug-likeness (QED) is 0.443. The summed E-state index contributed by atoms with van der Waals surface area (Å²) in [6.45, 7) is 2.37. The van der Waals surface area contributed by atoms with Gasteiger partial charge in [-0.3, -0.25) is 19.7 Å². The van der Waals surface area contributed by atoms with Gasteiger partial charge in [-0.15, -0.1) is 0 Å². The number of carbonyl (C=O) groups is 1. The molecule has 0 aliphatic carbocycles. The number of benzene rings is 2. The lowest BCUT2D eigenvalue weighted by atomic mass is 10.2. The van der Waals surface area contributed by atoms with Gasteiger partial charge in [-0.1, -0.05) is 12.1 Å². The van der Waals surface area contributed by atoms with Gasteiger partial charge in [0.25, 0.3) is 11.6 Å². The number of nitrogens with one attached hydrogen (secondary N) is 1. The molecular weight excluding hydrogens is 472 g/mol. The van der Waals surface area contributed by atoms with E-state index in [1.54, 1.807) is 25.1 Å². The molecule has 3 aromatic rings. The number of hydrogen-bond donors (Lipinski definition) is 1. The maximum absolute atomic E-state index is 12.9. The van der Waals surface area contributed by atoms with Gasteiger partial charge in [0.2, 0.25) is 5.43 Å². The van der Waals surface area contributed by atoms with Crippen molar-refractivity contribution in [1.82, 2.24) is 9.78 Å². The van der Waals surface area contributed by atoms with E-state index < -0.39 is 22.0 Å². The number of nitro benzene ring substituents is 1. The van der Waals surface area contributed by atoms with Crippen molar-refractivity contribution in [2.45, 2.75) is 6.92 Å². The smallest absolute Gasteiger partial charge is 0.294 e. The molecule has 0 bridgehead atoms. The summed E-state index contributed by atoms with van der Waals surface area (Å²) in [5.74, 6) is 0.219. The van der Waals surface area contributed by atoms with Gasteiger partial charge in [-0.2, -0.15) is 5.10 Å². The molecule has 2 heterocycles. The highest BCUT2D eigenvalue weighted by atomic mass is 79.9. The van der Waals surface area contributed by atoms with Gasteiger partial charge < -0.3 is 14.8 Å². The number of ether oxygens (including phenoxy) is 2. The summed E-state index contributed by atoms with van der Waals surface area (Å²) < 4.78 is 12.7. The Balaban J connectivity index is 1.73. The molecular formula is C20H15BrN4O6. The zero-order valence-corrected chi connectivity index (χ0v) is 17.7. The Hall–Kier alpha value is -3.73. The first kappa shape index (κ1) is 20.5. The number of anilines is 1. The van der Waals surface area contributed by atoms with Crippen LogP contribution in [0.2, 0.25) is 0 Å². The second-order valence-corrected chi connectivity index (χ2v) is 7.44. The van der Waals surface area contributed by atoms with Gasteiger partial charge >= 0.3 is 0 Å². The minimum absolute atomic E-state index is 0.138. The Kier molecular flexibility index (Phi) is 5.42. The molecule has 11 heteroatoms. The van der Waals surface area contributed by atoms with Crippen molar-refractivity contribution in [3.05, 3.63) is 78.7 Å². The van der Waals surface area contributed by atoms with Crippen molar-refractivity contribution in [2.24, 2.45) is 0 Å². The van der Waals surface area contributed by atoms with Gasteiger partial charge in [0.05, 0.1) is 10.6 Å². The molecule has 1 aliphatic heterocycles. The summed E-state index contributed by atoms with van der Waals surface area (Å²) in [7, 11) is 0. The van der Waals surface area contributed by atoms with E-state index in [1.165, 1.54) is 28.9 Å². The Bertz CT molecular complexity index is 1270. The van der Waals surface area contributed by atoms with E-state index in [-0.39, 0.29) is 11.4 Å². The largest absolute Gasteiger partial charge is 0.486 e. The van der Waals surface area contributed by atoms with Gasteiger partial charge in [0.1, 0.15) is 18.9 Å². The number of hydrogen-bond acceptors (Lipinski definition) is 7. The van der Waals surface area contributed by atoms with Crippen molar-refractivity contribution < 1.29 is 19.2 Å². The van der Waals surface area contributed by atoms with Crippen LogP contribution in [0.25, 0.3) is 5.69 Å². The van der Waals surface area contributed by atoms with E-state index in [1.807, 2.05) is 0 Å². The fourth-order valence-corrected chi connectivity index (χ4v) is 3.51. The maximum Gasteiger partial charge on any atom is 0.294 e. The summed E-state index contributed by atoms with van der Waals surface area (Å²) in [5, 5.41) is 18.1. The third-order valence-corrected chi connectivity index (χ3v) is 5.17. The molecule has 158 valence electrons. The van der Waals surface area contributed by atoms with Crippen molar-refractivity contribution in [1.29, 1.82) is 0 Å². The van der Waals surface area contributed by atoms with Crippen LogP contribution in [0.4, 0.5) is 11.4 Å². The normalized spacial score (nSPS) is 12.3. The van der Waals surface area contributed by atoms with Crippen LogP contribution in [0.3, 0.4) is 0 Å². The van der Waals surface area contributed by atoms with Gasteiger partial charge in [-0.25, -0.2) is 4.68 Å². The first-order chi connectivity index (χ1) is 14.8. The molecule has 1 N–H and O–H groups in total. The minimum atomic E-state index is -0.769. The predicted octanol–water partition coefficient (Wildman–Crippen LogP) is 3.24. The van der Waals surface area contributed by atoms with Crippen LogP contribution < -0.4 is 20.2 Å². The van der Waals surface area contributed by atoms with Crippen molar-refractivity contribution in [3.63, 3.8) is 0 Å². The second kappa shape index (κ2) is 8.19. The van der Waals surface area contributed by atoms with Gasteiger partial charge in [0, 0.05) is 34.4 Å². The SMILES string of the molecule is Cc1cc(=O)c(C(=O)Nc2cc3c(cc2Br)OCCO3)nn1-c1ccccc1[N+](=O)[O-]. The number of aryl methyl sites for hydroxylation is 1. The lowest BCUT2D eigenvalue weighted by molar-refractivity contribution is -0.384. The number of halogens is 1. The monoisotopic (exact) mass is 486 g/mol. The molecule has 0 saturated carbocycles. The standard InChI is InChI=1S/C20H15BrN4O6/c1-11-8-16(26)19(23-24(11)14-4-2-3-5-15(14)25(28)29)20(27)22-13-10-18-17(9-12(13)21)30-6-7-31-18/h2-5,8-10H,6-7H2,1H3,(H,22,27). The number of carbonyl (C=O) groups excluding carboxylic acids is 1. The Labute approximate surface area is 183 Å². The van der Waals surface area contributed by atoms with Crippen LogP contribution in [-0.4, -0.2) is 33.8 Å². The summed E-state index contributed by atoms with van der Waals surface area (Å²) in [5.41, 5.74) is -0.393. The van der Waals surface area contributed by atoms with Crippen LogP contribution in [0.1, 0.15) is 16.2 Å². The summed E-state index contributed by atoms with van der Waals surface area (Å²) in [6.07, 6.45) is 0. The number of rotatable bonds is 4. The first-order valence-corrected chi connectivity index (χ1v) is 9.89. The fourth-order valence-electron chi connectivity index (χ4n) is 3.09. The molecule has 0 atom stereocenters. The highest BCUT2D eigenvalue weighted by Crippen LogP contribution is 2.38. The molecule has 1 amide bonds. The van der Waals surface area contributed by atoms with E-state index >= 15 is 0 Å².